The van der Waals surface area contributed by atoms with Gasteiger partial charge in [-0.05, 0) is 17.7 Å². The monoisotopic (exact) mass is 253 g/mol. The third-order valence-corrected chi connectivity index (χ3v) is 3.09. The molecule has 0 bridgehead atoms. The van der Waals surface area contributed by atoms with Crippen LogP contribution in [0.5, 0.6) is 11.5 Å². The summed E-state index contributed by atoms with van der Waals surface area (Å²) in [6.45, 7) is 0.550. The Bertz CT molecular complexity index is 674. The first-order chi connectivity index (χ1) is 9.38. The summed E-state index contributed by atoms with van der Waals surface area (Å²) in [5.74, 6) is 1.64. The molecular formula is C16H15NO2. The molecule has 0 saturated carbocycles. The van der Waals surface area contributed by atoms with Crippen LogP contribution in [0.15, 0.2) is 54.7 Å². The fraction of sp³-hybridized carbons (Fsp3) is 0.125. The largest absolute Gasteiger partial charge is 0.494 e. The minimum atomic E-state index is 0.550. The molecule has 19 heavy (non-hydrogen) atoms. The number of aromatic amines is 1. The molecule has 0 aliphatic heterocycles. The van der Waals surface area contributed by atoms with Gasteiger partial charge in [-0.3, -0.25) is 0 Å². The van der Waals surface area contributed by atoms with Crippen LogP contribution in [0, 0.1) is 0 Å². The second-order valence-electron chi connectivity index (χ2n) is 4.31. The molecule has 3 aromatic rings. The van der Waals surface area contributed by atoms with Crippen molar-refractivity contribution in [2.45, 2.75) is 6.61 Å². The van der Waals surface area contributed by atoms with Crippen LogP contribution in [0.3, 0.4) is 0 Å². The molecule has 0 spiro atoms. The zero-order chi connectivity index (χ0) is 13.1. The lowest BCUT2D eigenvalue weighted by atomic mass is 10.2. The van der Waals surface area contributed by atoms with Crippen molar-refractivity contribution in [2.75, 3.05) is 7.11 Å². The van der Waals surface area contributed by atoms with E-state index in [0.29, 0.717) is 6.61 Å². The molecular weight excluding hydrogens is 238 g/mol. The summed E-state index contributed by atoms with van der Waals surface area (Å²) in [5.41, 5.74) is 2.16. The standard InChI is InChI=1S/C16H15NO2/c1-18-15-10-17-13-8-5-9-14(16(13)15)19-11-12-6-3-2-4-7-12/h2-10,17H,11H2,1H3. The van der Waals surface area contributed by atoms with Gasteiger partial charge in [0.25, 0.3) is 0 Å². The number of rotatable bonds is 4. The van der Waals surface area contributed by atoms with Gasteiger partial charge in [0, 0.05) is 6.20 Å². The number of nitrogens with one attached hydrogen (secondary N) is 1. The molecule has 0 atom stereocenters. The highest BCUT2D eigenvalue weighted by Crippen LogP contribution is 2.34. The van der Waals surface area contributed by atoms with Crippen molar-refractivity contribution in [2.24, 2.45) is 0 Å². The van der Waals surface area contributed by atoms with Crippen molar-refractivity contribution in [1.29, 1.82) is 0 Å². The maximum Gasteiger partial charge on any atom is 0.147 e. The Labute approximate surface area is 111 Å². The van der Waals surface area contributed by atoms with E-state index in [-0.39, 0.29) is 0 Å². The minimum Gasteiger partial charge on any atom is -0.494 e. The van der Waals surface area contributed by atoms with Gasteiger partial charge in [0.15, 0.2) is 0 Å². The number of benzene rings is 2. The number of aromatic nitrogens is 1. The van der Waals surface area contributed by atoms with E-state index < -0.39 is 0 Å². The highest BCUT2D eigenvalue weighted by atomic mass is 16.5. The number of H-pyrrole nitrogens is 1. The normalized spacial score (nSPS) is 10.6. The molecule has 2 aromatic carbocycles. The predicted octanol–water partition coefficient (Wildman–Crippen LogP) is 3.76. The summed E-state index contributed by atoms with van der Waals surface area (Å²) in [5, 5.41) is 0.987. The molecule has 96 valence electrons. The third kappa shape index (κ3) is 2.27. The van der Waals surface area contributed by atoms with Crippen LogP contribution in [-0.2, 0) is 6.61 Å². The van der Waals surface area contributed by atoms with E-state index in [4.69, 9.17) is 9.47 Å². The van der Waals surface area contributed by atoms with Gasteiger partial charge in [-0.15, -0.1) is 0 Å². The molecule has 1 aromatic heterocycles. The lowest BCUT2D eigenvalue weighted by Gasteiger charge is -2.08. The van der Waals surface area contributed by atoms with Crippen LogP contribution < -0.4 is 9.47 Å². The van der Waals surface area contributed by atoms with Crippen molar-refractivity contribution in [3.63, 3.8) is 0 Å². The molecule has 0 aliphatic rings. The summed E-state index contributed by atoms with van der Waals surface area (Å²) in [6.07, 6.45) is 1.85. The van der Waals surface area contributed by atoms with E-state index >= 15 is 0 Å². The Hall–Kier alpha value is -2.42. The van der Waals surface area contributed by atoms with Crippen LogP contribution in [0.2, 0.25) is 0 Å². The topological polar surface area (TPSA) is 34.2 Å². The molecule has 0 unspecified atom stereocenters. The molecule has 3 heteroatoms. The third-order valence-electron chi connectivity index (χ3n) is 3.09. The number of methoxy groups -OCH3 is 1. The molecule has 1 heterocycles. The van der Waals surface area contributed by atoms with Gasteiger partial charge in [-0.1, -0.05) is 36.4 Å². The second-order valence-corrected chi connectivity index (χ2v) is 4.31. The van der Waals surface area contributed by atoms with Crippen molar-refractivity contribution in [3.05, 3.63) is 60.3 Å². The summed E-state index contributed by atoms with van der Waals surface area (Å²) in [7, 11) is 1.66. The SMILES string of the molecule is COc1c[nH]c2cccc(OCc3ccccc3)c12. The Morgan fingerprint density at radius 2 is 1.79 bits per heavy atom. The molecule has 0 fully saturated rings. The summed E-state index contributed by atoms with van der Waals surface area (Å²) < 4.78 is 11.3. The Morgan fingerprint density at radius 3 is 2.58 bits per heavy atom. The fourth-order valence-electron chi connectivity index (χ4n) is 2.14. The van der Waals surface area contributed by atoms with Crippen LogP contribution in [0.1, 0.15) is 5.56 Å². The molecule has 3 rings (SSSR count). The highest BCUT2D eigenvalue weighted by molar-refractivity contribution is 5.91. The summed E-state index contributed by atoms with van der Waals surface area (Å²) >= 11 is 0. The molecule has 0 saturated heterocycles. The summed E-state index contributed by atoms with van der Waals surface area (Å²) in [4.78, 5) is 3.17. The first-order valence-corrected chi connectivity index (χ1v) is 6.19. The molecule has 0 amide bonds. The first kappa shape index (κ1) is 11.7. The maximum atomic E-state index is 5.91. The van der Waals surface area contributed by atoms with Gasteiger partial charge in [0.05, 0.1) is 18.0 Å². The number of ether oxygens (including phenoxy) is 2. The Balaban J connectivity index is 1.90. The first-order valence-electron chi connectivity index (χ1n) is 6.19. The van der Waals surface area contributed by atoms with Crippen LogP contribution >= 0.6 is 0 Å². The van der Waals surface area contributed by atoms with Gasteiger partial charge in [0.1, 0.15) is 18.1 Å². The van der Waals surface area contributed by atoms with Gasteiger partial charge < -0.3 is 14.5 Å². The van der Waals surface area contributed by atoms with Crippen molar-refractivity contribution < 1.29 is 9.47 Å². The van der Waals surface area contributed by atoms with Crippen LogP contribution in [-0.4, -0.2) is 12.1 Å². The van der Waals surface area contributed by atoms with E-state index in [2.05, 4.69) is 17.1 Å². The highest BCUT2D eigenvalue weighted by Gasteiger charge is 2.09. The van der Waals surface area contributed by atoms with E-state index in [1.165, 1.54) is 0 Å². The fourth-order valence-corrected chi connectivity index (χ4v) is 2.14. The second kappa shape index (κ2) is 5.06. The average Bonchev–Trinajstić information content (AvgIpc) is 2.90. The summed E-state index contributed by atoms with van der Waals surface area (Å²) in [6, 6.07) is 16.1. The van der Waals surface area contributed by atoms with Gasteiger partial charge in [-0.25, -0.2) is 0 Å². The lowest BCUT2D eigenvalue weighted by Crippen LogP contribution is -1.95. The minimum absolute atomic E-state index is 0.550. The van der Waals surface area contributed by atoms with Crippen molar-refractivity contribution >= 4 is 10.9 Å². The van der Waals surface area contributed by atoms with Crippen LogP contribution in [0.4, 0.5) is 0 Å². The Kier molecular flexibility index (Phi) is 3.11. The smallest absolute Gasteiger partial charge is 0.147 e. The van der Waals surface area contributed by atoms with Gasteiger partial charge in [-0.2, -0.15) is 0 Å². The van der Waals surface area contributed by atoms with Crippen molar-refractivity contribution in [1.82, 2.24) is 4.98 Å². The van der Waals surface area contributed by atoms with Crippen molar-refractivity contribution in [3.8, 4) is 11.5 Å². The number of hydrogen-bond acceptors (Lipinski definition) is 2. The van der Waals surface area contributed by atoms with E-state index in [9.17, 15) is 0 Å². The number of fused-ring (bicyclic) bond motifs is 1. The maximum absolute atomic E-state index is 5.91. The van der Waals surface area contributed by atoms with E-state index in [1.54, 1.807) is 7.11 Å². The molecule has 0 aliphatic carbocycles. The lowest BCUT2D eigenvalue weighted by molar-refractivity contribution is 0.309. The van der Waals surface area contributed by atoms with Crippen LogP contribution in [0.25, 0.3) is 10.9 Å². The zero-order valence-corrected chi connectivity index (χ0v) is 10.7. The Morgan fingerprint density at radius 1 is 0.947 bits per heavy atom. The average molecular weight is 253 g/mol. The van der Waals surface area contributed by atoms with Gasteiger partial charge >= 0.3 is 0 Å². The number of hydrogen-bond donors (Lipinski definition) is 1. The molecule has 1 N–H and O–H groups in total. The van der Waals surface area contributed by atoms with Gasteiger partial charge in [0.2, 0.25) is 0 Å². The molecule has 0 radical (unpaired) electrons. The quantitative estimate of drug-likeness (QED) is 0.768. The predicted molar refractivity (Wildman–Crippen MR) is 75.6 cm³/mol. The van der Waals surface area contributed by atoms with E-state index in [0.717, 1.165) is 28.0 Å². The zero-order valence-electron chi connectivity index (χ0n) is 10.7. The van der Waals surface area contributed by atoms with E-state index in [1.807, 2.05) is 42.6 Å². The molecule has 3 nitrogen and oxygen atoms in total.